The first-order chi connectivity index (χ1) is 11.5. The number of ether oxygens (including phenoxy) is 1. The molecule has 2 aromatic rings. The summed E-state index contributed by atoms with van der Waals surface area (Å²) in [6, 6.07) is 16.7. The SMILES string of the molecule is Cc1ccc(N[C@H](C#Cc2ccccc2)C(=O)OCC(C)C)cc1. The van der Waals surface area contributed by atoms with Gasteiger partial charge in [-0.25, -0.2) is 4.79 Å². The van der Waals surface area contributed by atoms with Gasteiger partial charge in [-0.2, -0.15) is 0 Å². The summed E-state index contributed by atoms with van der Waals surface area (Å²) in [5.74, 6) is 5.95. The van der Waals surface area contributed by atoms with Gasteiger partial charge in [0.2, 0.25) is 0 Å². The van der Waals surface area contributed by atoms with Gasteiger partial charge in [0.25, 0.3) is 0 Å². The molecular formula is C21H23NO2. The van der Waals surface area contributed by atoms with Gasteiger partial charge >= 0.3 is 5.97 Å². The molecule has 3 heteroatoms. The van der Waals surface area contributed by atoms with Crippen LogP contribution in [0.5, 0.6) is 0 Å². The number of hydrogen-bond donors (Lipinski definition) is 1. The van der Waals surface area contributed by atoms with E-state index in [0.717, 1.165) is 16.8 Å². The van der Waals surface area contributed by atoms with E-state index in [1.54, 1.807) is 0 Å². The smallest absolute Gasteiger partial charge is 0.341 e. The topological polar surface area (TPSA) is 38.3 Å². The monoisotopic (exact) mass is 321 g/mol. The van der Waals surface area contributed by atoms with Crippen LogP contribution in [0.15, 0.2) is 54.6 Å². The molecule has 0 aliphatic carbocycles. The molecule has 2 aromatic carbocycles. The summed E-state index contributed by atoms with van der Waals surface area (Å²) in [6.07, 6.45) is 0. The minimum atomic E-state index is -0.702. The number of hydrogen-bond acceptors (Lipinski definition) is 3. The second kappa shape index (κ2) is 8.79. The molecule has 0 aliphatic rings. The van der Waals surface area contributed by atoms with E-state index in [-0.39, 0.29) is 11.9 Å². The number of aryl methyl sites for hydroxylation is 1. The quantitative estimate of drug-likeness (QED) is 0.667. The van der Waals surface area contributed by atoms with Crippen molar-refractivity contribution in [2.45, 2.75) is 26.8 Å². The van der Waals surface area contributed by atoms with Crippen LogP contribution >= 0.6 is 0 Å². The lowest BCUT2D eigenvalue weighted by atomic mass is 10.2. The Hall–Kier alpha value is -2.73. The third-order valence-corrected chi connectivity index (χ3v) is 3.29. The molecular weight excluding hydrogens is 298 g/mol. The Morgan fingerprint density at radius 2 is 1.75 bits per heavy atom. The summed E-state index contributed by atoms with van der Waals surface area (Å²) in [5.41, 5.74) is 2.87. The Balaban J connectivity index is 2.15. The third kappa shape index (κ3) is 5.81. The lowest BCUT2D eigenvalue weighted by molar-refractivity contribution is -0.144. The fourth-order valence-corrected chi connectivity index (χ4v) is 1.98. The molecule has 0 bridgehead atoms. The summed E-state index contributed by atoms with van der Waals surface area (Å²) < 4.78 is 5.35. The Bertz CT molecular complexity index is 709. The average molecular weight is 321 g/mol. The van der Waals surface area contributed by atoms with Crippen molar-refractivity contribution < 1.29 is 9.53 Å². The number of benzene rings is 2. The van der Waals surface area contributed by atoms with E-state index < -0.39 is 6.04 Å². The van der Waals surface area contributed by atoms with E-state index in [1.165, 1.54) is 0 Å². The van der Waals surface area contributed by atoms with Crippen molar-refractivity contribution in [2.24, 2.45) is 5.92 Å². The summed E-state index contributed by atoms with van der Waals surface area (Å²) in [5, 5.41) is 3.15. The molecule has 0 saturated heterocycles. The van der Waals surface area contributed by atoms with Crippen LogP contribution in [-0.2, 0) is 9.53 Å². The molecule has 0 radical (unpaired) electrons. The second-order valence-corrected chi connectivity index (χ2v) is 6.10. The molecule has 2 rings (SSSR count). The number of rotatable bonds is 5. The van der Waals surface area contributed by atoms with Crippen LogP contribution in [0.25, 0.3) is 0 Å². The van der Waals surface area contributed by atoms with Gasteiger partial charge in [0, 0.05) is 11.3 Å². The molecule has 0 spiro atoms. The Morgan fingerprint density at radius 3 is 2.38 bits per heavy atom. The van der Waals surface area contributed by atoms with Gasteiger partial charge in [0.15, 0.2) is 6.04 Å². The van der Waals surface area contributed by atoms with Crippen molar-refractivity contribution in [3.05, 3.63) is 65.7 Å². The van der Waals surface area contributed by atoms with Crippen molar-refractivity contribution in [3.8, 4) is 11.8 Å². The van der Waals surface area contributed by atoms with E-state index >= 15 is 0 Å². The second-order valence-electron chi connectivity index (χ2n) is 6.10. The first kappa shape index (κ1) is 17.6. The average Bonchev–Trinajstić information content (AvgIpc) is 2.59. The fourth-order valence-electron chi connectivity index (χ4n) is 1.98. The van der Waals surface area contributed by atoms with E-state index in [4.69, 9.17) is 4.74 Å². The minimum absolute atomic E-state index is 0.288. The molecule has 0 aliphatic heterocycles. The van der Waals surface area contributed by atoms with E-state index in [9.17, 15) is 4.79 Å². The van der Waals surface area contributed by atoms with Gasteiger partial charge in [-0.05, 0) is 37.1 Å². The molecule has 0 saturated carbocycles. The zero-order chi connectivity index (χ0) is 17.4. The molecule has 0 aromatic heterocycles. The van der Waals surface area contributed by atoms with Crippen LogP contribution in [0.2, 0.25) is 0 Å². The first-order valence-electron chi connectivity index (χ1n) is 8.11. The molecule has 3 nitrogen and oxygen atoms in total. The summed E-state index contributed by atoms with van der Waals surface area (Å²) in [4.78, 5) is 12.4. The minimum Gasteiger partial charge on any atom is -0.463 e. The van der Waals surface area contributed by atoms with E-state index in [0.29, 0.717) is 6.61 Å². The van der Waals surface area contributed by atoms with Crippen molar-refractivity contribution in [1.29, 1.82) is 0 Å². The molecule has 124 valence electrons. The van der Waals surface area contributed by atoms with E-state index in [1.807, 2.05) is 75.4 Å². The van der Waals surface area contributed by atoms with Crippen molar-refractivity contribution >= 4 is 11.7 Å². The highest BCUT2D eigenvalue weighted by atomic mass is 16.5. The van der Waals surface area contributed by atoms with Crippen molar-refractivity contribution in [1.82, 2.24) is 0 Å². The van der Waals surface area contributed by atoms with Crippen molar-refractivity contribution in [3.63, 3.8) is 0 Å². The zero-order valence-corrected chi connectivity index (χ0v) is 14.4. The Kier molecular flexibility index (Phi) is 6.45. The maximum atomic E-state index is 12.4. The molecule has 0 amide bonds. The predicted molar refractivity (Wildman–Crippen MR) is 97.7 cm³/mol. The molecule has 1 N–H and O–H groups in total. The normalized spacial score (nSPS) is 11.3. The molecule has 0 heterocycles. The highest BCUT2D eigenvalue weighted by Gasteiger charge is 2.18. The van der Waals surface area contributed by atoms with Gasteiger partial charge in [-0.1, -0.05) is 61.6 Å². The maximum Gasteiger partial charge on any atom is 0.341 e. The van der Waals surface area contributed by atoms with Crippen LogP contribution in [0.4, 0.5) is 5.69 Å². The molecule has 24 heavy (non-hydrogen) atoms. The number of anilines is 1. The Labute approximate surface area is 144 Å². The number of nitrogens with one attached hydrogen (secondary N) is 1. The number of carbonyl (C=O) groups is 1. The van der Waals surface area contributed by atoms with Gasteiger partial charge in [0.05, 0.1) is 6.61 Å². The van der Waals surface area contributed by atoms with Crippen LogP contribution < -0.4 is 5.32 Å². The standard InChI is InChI=1S/C21H23NO2/c1-16(2)15-24-21(23)20(14-11-18-7-5-4-6-8-18)22-19-12-9-17(3)10-13-19/h4-10,12-13,16,20,22H,15H2,1-3H3/t20-/m1/s1. The maximum absolute atomic E-state index is 12.4. The lowest BCUT2D eigenvalue weighted by Crippen LogP contribution is -2.31. The predicted octanol–water partition coefficient (Wildman–Crippen LogP) is 4.03. The van der Waals surface area contributed by atoms with Crippen LogP contribution in [0.1, 0.15) is 25.0 Å². The van der Waals surface area contributed by atoms with Crippen molar-refractivity contribution in [2.75, 3.05) is 11.9 Å². The van der Waals surface area contributed by atoms with Crippen LogP contribution in [-0.4, -0.2) is 18.6 Å². The highest BCUT2D eigenvalue weighted by Crippen LogP contribution is 2.11. The number of carbonyl (C=O) groups excluding carboxylic acids is 1. The highest BCUT2D eigenvalue weighted by molar-refractivity contribution is 5.83. The van der Waals surface area contributed by atoms with Gasteiger partial charge in [-0.15, -0.1) is 0 Å². The first-order valence-corrected chi connectivity index (χ1v) is 8.11. The summed E-state index contributed by atoms with van der Waals surface area (Å²) in [7, 11) is 0. The molecule has 0 unspecified atom stereocenters. The van der Waals surface area contributed by atoms with Crippen LogP contribution in [0.3, 0.4) is 0 Å². The summed E-state index contributed by atoms with van der Waals surface area (Å²) >= 11 is 0. The molecule has 1 atom stereocenters. The third-order valence-electron chi connectivity index (χ3n) is 3.29. The van der Waals surface area contributed by atoms with E-state index in [2.05, 4.69) is 17.2 Å². The lowest BCUT2D eigenvalue weighted by Gasteiger charge is -2.15. The number of esters is 1. The van der Waals surface area contributed by atoms with Gasteiger partial charge in [0.1, 0.15) is 0 Å². The van der Waals surface area contributed by atoms with Gasteiger partial charge < -0.3 is 10.1 Å². The fraction of sp³-hybridized carbons (Fsp3) is 0.286. The van der Waals surface area contributed by atoms with Gasteiger partial charge in [-0.3, -0.25) is 0 Å². The zero-order valence-electron chi connectivity index (χ0n) is 14.4. The largest absolute Gasteiger partial charge is 0.463 e. The molecule has 0 fully saturated rings. The summed E-state index contributed by atoms with van der Waals surface area (Å²) in [6.45, 7) is 6.42. The Morgan fingerprint density at radius 1 is 1.08 bits per heavy atom. The van der Waals surface area contributed by atoms with Crippen LogP contribution in [0, 0.1) is 24.7 Å².